The number of hydroxylamine groups is 1. The van der Waals surface area contributed by atoms with Crippen molar-refractivity contribution in [1.29, 1.82) is 0 Å². The fraction of sp³-hybridized carbons (Fsp3) is 0.923. The second kappa shape index (κ2) is 26.1. The molecule has 0 aromatic carbocycles. The maximum atomic E-state index is 10.9. The number of nitrogens with one attached hydrogen (secondary N) is 1. The van der Waals surface area contributed by atoms with E-state index in [0.29, 0.717) is 6.42 Å². The van der Waals surface area contributed by atoms with Crippen LogP contribution in [0.5, 0.6) is 0 Å². The molecule has 0 aliphatic heterocycles. The van der Waals surface area contributed by atoms with E-state index in [0.717, 1.165) is 23.5 Å². The van der Waals surface area contributed by atoms with Gasteiger partial charge >= 0.3 is 0 Å². The van der Waals surface area contributed by atoms with Crippen LogP contribution >= 0.6 is 24.8 Å². The highest BCUT2D eigenvalue weighted by Gasteiger charge is 1.99. The normalized spacial score (nSPS) is 11.0. The lowest BCUT2D eigenvalue weighted by Crippen LogP contribution is -2.17. The first-order chi connectivity index (χ1) is 15.2. The lowest BCUT2D eigenvalue weighted by atomic mass is 10.0. The summed E-state index contributed by atoms with van der Waals surface area (Å²) >= 11 is 9.16. The monoisotopic (exact) mass is 473 g/mol. The fourth-order valence-corrected chi connectivity index (χ4v) is 4.46. The fourth-order valence-electron chi connectivity index (χ4n) is 4.15. The molecule has 0 aliphatic carbocycles. The topological polar surface area (TPSA) is 49.3 Å². The lowest BCUT2D eigenvalue weighted by molar-refractivity contribution is -0.129. The summed E-state index contributed by atoms with van der Waals surface area (Å²) in [6.45, 7) is 0. The van der Waals surface area contributed by atoms with Gasteiger partial charge in [-0.1, -0.05) is 141 Å². The number of carbonyl (C=O) groups excluding carboxylic acids is 1. The van der Waals surface area contributed by atoms with E-state index in [4.69, 9.17) is 17.4 Å². The third kappa shape index (κ3) is 27.8. The summed E-state index contributed by atoms with van der Waals surface area (Å²) in [5, 5.41) is 8.42. The minimum Gasteiger partial charge on any atom is -0.289 e. The minimum atomic E-state index is -0.260. The Morgan fingerprint density at radius 1 is 0.516 bits per heavy atom. The number of hydrogen-bond donors (Lipinski definition) is 3. The van der Waals surface area contributed by atoms with Gasteiger partial charge in [0.25, 0.3) is 0 Å². The first-order valence-electron chi connectivity index (χ1n) is 13.3. The Bertz CT molecular complexity index is 405. The van der Waals surface area contributed by atoms with Gasteiger partial charge in [0.2, 0.25) is 5.91 Å². The molecule has 2 N–H and O–H groups in total. The van der Waals surface area contributed by atoms with Crippen molar-refractivity contribution in [3.8, 4) is 0 Å². The van der Waals surface area contributed by atoms with E-state index < -0.39 is 0 Å². The first-order valence-corrected chi connectivity index (χ1v) is 14.2. The maximum absolute atomic E-state index is 10.9. The Morgan fingerprint density at radius 2 is 0.742 bits per heavy atom. The summed E-state index contributed by atoms with van der Waals surface area (Å²) < 4.78 is 0.865. The second-order valence-electron chi connectivity index (χ2n) is 9.21. The number of thiocarbonyl (C=S) groups is 1. The van der Waals surface area contributed by atoms with E-state index in [9.17, 15) is 4.79 Å². The van der Waals surface area contributed by atoms with Crippen LogP contribution in [0, 0.1) is 0 Å². The van der Waals surface area contributed by atoms with Gasteiger partial charge in [-0.15, -0.1) is 12.6 Å². The predicted octanol–water partition coefficient (Wildman–Crippen LogP) is 9.11. The van der Waals surface area contributed by atoms with Crippen molar-refractivity contribution in [1.82, 2.24) is 5.48 Å². The SMILES string of the molecule is O=C(CCCCCCCCCCCCCCCCCCCCCCCCC(=S)S)NO. The first kappa shape index (κ1) is 30.9. The Morgan fingerprint density at radius 3 is 0.968 bits per heavy atom. The number of hydrogen-bond acceptors (Lipinski definition) is 3. The molecule has 0 fully saturated rings. The van der Waals surface area contributed by atoms with E-state index in [2.05, 4.69) is 12.6 Å². The van der Waals surface area contributed by atoms with Crippen LogP contribution in [0.3, 0.4) is 0 Å². The zero-order valence-electron chi connectivity index (χ0n) is 20.2. The average molecular weight is 474 g/mol. The molecule has 184 valence electrons. The molecule has 0 heterocycles. The summed E-state index contributed by atoms with van der Waals surface area (Å²) in [5.74, 6) is -0.260. The number of rotatable bonds is 25. The number of amides is 1. The van der Waals surface area contributed by atoms with Gasteiger partial charge in [0, 0.05) is 10.6 Å². The summed E-state index contributed by atoms with van der Waals surface area (Å²) in [5.41, 5.74) is 1.69. The molecule has 0 unspecified atom stereocenters. The minimum absolute atomic E-state index is 0.260. The molecule has 1 amide bonds. The standard InChI is InChI=1S/C26H51NO2S2/c28-25(27-29)23-21-19-17-15-13-11-9-7-5-3-1-2-4-6-8-10-12-14-16-18-20-22-24-26(30)31/h29H,1-24H2,(H,27,28)(H,30,31). The van der Waals surface area contributed by atoms with Crippen molar-refractivity contribution in [2.75, 3.05) is 0 Å². The van der Waals surface area contributed by atoms with Gasteiger partial charge < -0.3 is 0 Å². The Labute approximate surface area is 204 Å². The molecule has 0 aliphatic rings. The molecule has 0 radical (unpaired) electrons. The van der Waals surface area contributed by atoms with Crippen LogP contribution in [0.15, 0.2) is 0 Å². The molecule has 0 saturated heterocycles. The molecule has 31 heavy (non-hydrogen) atoms. The molecule has 0 saturated carbocycles. The molecule has 0 atom stereocenters. The molecule has 5 heteroatoms. The van der Waals surface area contributed by atoms with Crippen LogP contribution in [0.1, 0.15) is 154 Å². The van der Waals surface area contributed by atoms with Gasteiger partial charge in [-0.3, -0.25) is 10.0 Å². The molecular weight excluding hydrogens is 422 g/mol. The summed E-state index contributed by atoms with van der Waals surface area (Å²) in [6.07, 6.45) is 31.0. The van der Waals surface area contributed by atoms with E-state index in [1.54, 1.807) is 5.48 Å². The van der Waals surface area contributed by atoms with Gasteiger partial charge in [-0.25, -0.2) is 5.48 Å². The van der Waals surface area contributed by atoms with Crippen LogP contribution in [-0.4, -0.2) is 15.3 Å². The molecule has 0 bridgehead atoms. The number of thiol groups is 1. The van der Waals surface area contributed by atoms with Crippen molar-refractivity contribution in [3.63, 3.8) is 0 Å². The van der Waals surface area contributed by atoms with Crippen LogP contribution in [0.25, 0.3) is 0 Å². The highest BCUT2D eigenvalue weighted by molar-refractivity contribution is 8.11. The Hall–Kier alpha value is -0.130. The Kier molecular flexibility index (Phi) is 26.0. The Balaban J connectivity index is 3.03. The van der Waals surface area contributed by atoms with Gasteiger partial charge in [0.1, 0.15) is 0 Å². The number of carbonyl (C=O) groups is 1. The summed E-state index contributed by atoms with van der Waals surface area (Å²) in [6, 6.07) is 0. The second-order valence-corrected chi connectivity index (χ2v) is 10.5. The van der Waals surface area contributed by atoms with Gasteiger partial charge in [0.15, 0.2) is 0 Å². The zero-order valence-corrected chi connectivity index (χ0v) is 21.9. The van der Waals surface area contributed by atoms with Crippen LogP contribution in [0.2, 0.25) is 0 Å². The van der Waals surface area contributed by atoms with E-state index in [1.165, 1.54) is 128 Å². The highest BCUT2D eigenvalue weighted by atomic mass is 32.1. The summed E-state index contributed by atoms with van der Waals surface area (Å²) in [4.78, 5) is 10.9. The van der Waals surface area contributed by atoms with Crippen molar-refractivity contribution >= 4 is 35.0 Å². The van der Waals surface area contributed by atoms with Crippen molar-refractivity contribution < 1.29 is 10.0 Å². The predicted molar refractivity (Wildman–Crippen MR) is 142 cm³/mol. The molecule has 0 spiro atoms. The molecule has 0 rings (SSSR count). The van der Waals surface area contributed by atoms with E-state index in [-0.39, 0.29) is 5.91 Å². The van der Waals surface area contributed by atoms with Gasteiger partial charge in [-0.05, 0) is 19.3 Å². The van der Waals surface area contributed by atoms with Crippen LogP contribution in [-0.2, 0) is 4.79 Å². The van der Waals surface area contributed by atoms with Crippen LogP contribution < -0.4 is 5.48 Å². The van der Waals surface area contributed by atoms with E-state index in [1.807, 2.05) is 0 Å². The smallest absolute Gasteiger partial charge is 0.243 e. The number of unbranched alkanes of at least 4 members (excludes halogenated alkanes) is 21. The maximum Gasteiger partial charge on any atom is 0.243 e. The third-order valence-electron chi connectivity index (χ3n) is 6.17. The lowest BCUT2D eigenvalue weighted by Gasteiger charge is -2.04. The molecule has 3 nitrogen and oxygen atoms in total. The van der Waals surface area contributed by atoms with Gasteiger partial charge in [0.05, 0.1) is 0 Å². The zero-order chi connectivity index (χ0) is 22.8. The quantitative estimate of drug-likeness (QED) is 0.0407. The largest absolute Gasteiger partial charge is 0.289 e. The van der Waals surface area contributed by atoms with Crippen molar-refractivity contribution in [3.05, 3.63) is 0 Å². The van der Waals surface area contributed by atoms with E-state index >= 15 is 0 Å². The van der Waals surface area contributed by atoms with Crippen LogP contribution in [0.4, 0.5) is 0 Å². The molecular formula is C26H51NO2S2. The third-order valence-corrected chi connectivity index (χ3v) is 6.60. The highest BCUT2D eigenvalue weighted by Crippen LogP contribution is 2.15. The van der Waals surface area contributed by atoms with Crippen molar-refractivity contribution in [2.45, 2.75) is 154 Å². The van der Waals surface area contributed by atoms with Gasteiger partial charge in [-0.2, -0.15) is 0 Å². The average Bonchev–Trinajstić information content (AvgIpc) is 2.76. The molecule has 0 aromatic heterocycles. The molecule has 0 aromatic rings. The van der Waals surface area contributed by atoms with Crippen molar-refractivity contribution in [2.24, 2.45) is 0 Å². The summed E-state index contributed by atoms with van der Waals surface area (Å²) in [7, 11) is 0.